The molecule has 276 valence electrons. The number of fused-ring (bicyclic) bond motifs is 6. The minimum atomic E-state index is -0.589. The molecule has 0 spiro atoms. The third kappa shape index (κ3) is 12.3. The highest BCUT2D eigenvalue weighted by Gasteiger charge is 2.36. The number of phenols is 1. The number of aliphatic imine (C=N–C) groups is 1. The van der Waals surface area contributed by atoms with Crippen molar-refractivity contribution in [2.75, 3.05) is 59.0 Å². The molecule has 11 nitrogen and oxygen atoms in total. The minimum Gasteiger partial charge on any atom is -0.504 e. The van der Waals surface area contributed by atoms with Crippen molar-refractivity contribution >= 4 is 11.9 Å². The van der Waals surface area contributed by atoms with E-state index in [4.69, 9.17) is 20.2 Å². The van der Waals surface area contributed by atoms with Crippen LogP contribution in [0.1, 0.15) is 90.0 Å². The number of aliphatic hydroxyl groups excluding tert-OH is 1. The molecule has 5 heterocycles. The number of benzene rings is 1. The number of esters is 1. The number of carbonyl (C=O) groups excluding carboxylic acids is 1. The fourth-order valence-electron chi connectivity index (χ4n) is 8.71. The second-order valence-corrected chi connectivity index (χ2v) is 15.4. The summed E-state index contributed by atoms with van der Waals surface area (Å²) in [4.78, 5) is 22.0. The van der Waals surface area contributed by atoms with Gasteiger partial charge < -0.3 is 41.0 Å². The molecular formula is C38H64N6O5. The van der Waals surface area contributed by atoms with Crippen LogP contribution >= 0.6 is 0 Å². The number of aliphatic hydroxyl groups is 1. The lowest BCUT2D eigenvalue weighted by Crippen LogP contribution is -2.53. The quantitative estimate of drug-likeness (QED) is 0.137. The fraction of sp³-hybridized carbons (Fsp3) is 0.789. The Morgan fingerprint density at radius 3 is 2.53 bits per heavy atom. The number of nitrogens with two attached hydrogens (primary N) is 1. The average Bonchev–Trinajstić information content (AvgIpc) is 3.08. The van der Waals surface area contributed by atoms with E-state index >= 15 is 0 Å². The summed E-state index contributed by atoms with van der Waals surface area (Å²) in [6.45, 7) is 12.5. The number of phenolic OH excluding ortho intramolecular Hbond substituents is 1. The van der Waals surface area contributed by atoms with Gasteiger partial charge in [-0.05, 0) is 106 Å². The van der Waals surface area contributed by atoms with E-state index in [1.807, 2.05) is 12.1 Å². The molecule has 0 aliphatic carbocycles. The van der Waals surface area contributed by atoms with Crippen LogP contribution in [-0.4, -0.2) is 109 Å². The minimum absolute atomic E-state index is 0.0851. The summed E-state index contributed by atoms with van der Waals surface area (Å²) in [6.07, 6.45) is 10.2. The lowest BCUT2D eigenvalue weighted by molar-refractivity contribution is -0.148. The zero-order valence-electron chi connectivity index (χ0n) is 30.2. The number of rotatable bonds is 15. The normalized spacial score (nSPS) is 29.1. The first-order chi connectivity index (χ1) is 23.7. The maximum atomic E-state index is 12.1. The molecule has 3 saturated heterocycles. The maximum Gasteiger partial charge on any atom is 0.302 e. The largest absolute Gasteiger partial charge is 0.504 e. The first-order valence-electron chi connectivity index (χ1n) is 19.3. The lowest BCUT2D eigenvalue weighted by atomic mass is 9.80. The lowest BCUT2D eigenvalue weighted by Gasteiger charge is -2.46. The van der Waals surface area contributed by atoms with Gasteiger partial charge in [-0.3, -0.25) is 9.69 Å². The number of ether oxygens (including phenoxy) is 2. The van der Waals surface area contributed by atoms with Crippen molar-refractivity contribution in [3.8, 4) is 11.5 Å². The molecule has 3 fully saturated rings. The number of unbranched alkanes of at least 4 members (excludes halogenated alkanes) is 2. The Morgan fingerprint density at radius 1 is 1.04 bits per heavy atom. The fourth-order valence-corrected chi connectivity index (χ4v) is 8.71. The van der Waals surface area contributed by atoms with Crippen LogP contribution < -0.4 is 21.1 Å². The van der Waals surface area contributed by atoms with Crippen LogP contribution in [0.2, 0.25) is 0 Å². The summed E-state index contributed by atoms with van der Waals surface area (Å²) in [7, 11) is 0. The van der Waals surface area contributed by atoms with E-state index in [0.717, 1.165) is 77.2 Å². The van der Waals surface area contributed by atoms with E-state index in [2.05, 4.69) is 27.4 Å². The Balaban J connectivity index is 1.20. The highest BCUT2D eigenvalue weighted by Crippen LogP contribution is 2.33. The van der Waals surface area contributed by atoms with Crippen LogP contribution in [0.25, 0.3) is 0 Å². The molecule has 11 heteroatoms. The molecule has 4 bridgehead atoms. The Bertz CT molecular complexity index is 1180. The number of nitrogens with zero attached hydrogens (tertiary/aromatic N) is 3. The third-order valence-electron chi connectivity index (χ3n) is 11.2. The van der Waals surface area contributed by atoms with Crippen LogP contribution in [-0.2, 0) is 16.0 Å². The summed E-state index contributed by atoms with van der Waals surface area (Å²) < 4.78 is 11.9. The monoisotopic (exact) mass is 684 g/mol. The second-order valence-electron chi connectivity index (χ2n) is 15.4. The SMILES string of the molecule is CCCCC[C@@H]1CN2C[C@@H]3C[C@H](CN(CN=C(N)NC[C@@H]1CC[C@H](O)C[C@@H](CCc1ccc(O)c(OC4CCNCC4)c1)OC(C)=O)C3)C2. The van der Waals surface area contributed by atoms with Crippen LogP contribution in [0.4, 0.5) is 0 Å². The highest BCUT2D eigenvalue weighted by atomic mass is 16.5. The van der Waals surface area contributed by atoms with E-state index < -0.39 is 12.2 Å². The number of hydrogen-bond acceptors (Lipinski definition) is 11. The number of carbonyl (C=O) groups is 1. The van der Waals surface area contributed by atoms with Gasteiger partial charge in [0.2, 0.25) is 0 Å². The zero-order valence-corrected chi connectivity index (χ0v) is 30.2. The van der Waals surface area contributed by atoms with Crippen molar-refractivity contribution in [2.45, 2.75) is 109 Å². The van der Waals surface area contributed by atoms with Crippen molar-refractivity contribution in [3.05, 3.63) is 23.8 Å². The first kappa shape index (κ1) is 37.7. The van der Waals surface area contributed by atoms with Crippen molar-refractivity contribution < 1.29 is 24.5 Å². The molecule has 5 aliphatic rings. The molecular weight excluding hydrogens is 620 g/mol. The standard InChI is InChI=1S/C38H64N6O5/c1-3-4-5-6-32-25-43-21-29-17-30(22-43)24-44(23-29)26-42-38(39)41-20-31(32)9-10-33(46)19-35(48-27(2)45)11-7-28-8-12-36(47)37(18-28)49-34-13-15-40-16-14-34/h8,12,18,29-35,40,46-47H,3-7,9-11,13-17,19-26H2,1-2H3,(H3,39,41,42)/t29-,30-,31-,32+,33-,35+/m0/s1. The molecule has 6 N–H and O–H groups in total. The Hall–Kier alpha value is -2.60. The molecule has 0 saturated carbocycles. The molecule has 1 aromatic carbocycles. The van der Waals surface area contributed by atoms with Crippen LogP contribution in [0.15, 0.2) is 23.2 Å². The van der Waals surface area contributed by atoms with Crippen LogP contribution in [0.3, 0.4) is 0 Å². The summed E-state index contributed by atoms with van der Waals surface area (Å²) in [5.74, 6) is 3.07. The van der Waals surface area contributed by atoms with E-state index in [-0.39, 0.29) is 17.8 Å². The third-order valence-corrected chi connectivity index (χ3v) is 11.2. The van der Waals surface area contributed by atoms with Gasteiger partial charge >= 0.3 is 5.97 Å². The molecule has 1 aromatic rings. The molecule has 0 aromatic heterocycles. The predicted molar refractivity (Wildman–Crippen MR) is 194 cm³/mol. The van der Waals surface area contributed by atoms with Crippen molar-refractivity contribution in [2.24, 2.45) is 34.4 Å². The Labute approximate surface area is 294 Å². The maximum absolute atomic E-state index is 12.1. The van der Waals surface area contributed by atoms with Crippen molar-refractivity contribution in [1.82, 2.24) is 20.4 Å². The van der Waals surface area contributed by atoms with Gasteiger partial charge in [0.05, 0.1) is 12.8 Å². The van der Waals surface area contributed by atoms with Gasteiger partial charge in [0.1, 0.15) is 12.2 Å². The number of hydrogen-bond donors (Lipinski definition) is 5. The van der Waals surface area contributed by atoms with E-state index in [9.17, 15) is 15.0 Å². The average molecular weight is 685 g/mol. The van der Waals surface area contributed by atoms with Crippen molar-refractivity contribution in [1.29, 1.82) is 0 Å². The molecule has 0 radical (unpaired) electrons. The molecule has 6 rings (SSSR count). The smallest absolute Gasteiger partial charge is 0.302 e. The summed E-state index contributed by atoms with van der Waals surface area (Å²) in [5, 5.41) is 28.6. The topological polar surface area (TPSA) is 145 Å². The summed E-state index contributed by atoms with van der Waals surface area (Å²) in [6, 6.07) is 5.47. The highest BCUT2D eigenvalue weighted by molar-refractivity contribution is 5.77. The van der Waals surface area contributed by atoms with Gasteiger partial charge in [-0.1, -0.05) is 32.3 Å². The van der Waals surface area contributed by atoms with E-state index in [0.29, 0.717) is 67.7 Å². The summed E-state index contributed by atoms with van der Waals surface area (Å²) in [5.41, 5.74) is 7.40. The second kappa shape index (κ2) is 19.1. The predicted octanol–water partition coefficient (Wildman–Crippen LogP) is 3.86. The van der Waals surface area contributed by atoms with Crippen LogP contribution in [0, 0.1) is 23.7 Å². The number of aromatic hydroxyl groups is 1. The van der Waals surface area contributed by atoms with Gasteiger partial charge in [0, 0.05) is 52.6 Å². The first-order valence-corrected chi connectivity index (χ1v) is 19.3. The Morgan fingerprint density at radius 2 is 1.80 bits per heavy atom. The number of piperidine rings is 3. The van der Waals surface area contributed by atoms with Gasteiger partial charge in [0.25, 0.3) is 0 Å². The van der Waals surface area contributed by atoms with Crippen molar-refractivity contribution in [3.63, 3.8) is 0 Å². The van der Waals surface area contributed by atoms with Gasteiger partial charge in [0.15, 0.2) is 17.5 Å². The molecule has 6 atom stereocenters. The van der Waals surface area contributed by atoms with Gasteiger partial charge in [-0.25, -0.2) is 4.99 Å². The summed E-state index contributed by atoms with van der Waals surface area (Å²) >= 11 is 0. The molecule has 0 amide bonds. The molecule has 5 aliphatic heterocycles. The van der Waals surface area contributed by atoms with E-state index in [1.165, 1.54) is 39.0 Å². The van der Waals surface area contributed by atoms with Gasteiger partial charge in [-0.15, -0.1) is 0 Å². The number of guanidine groups is 1. The number of nitrogens with one attached hydrogen (secondary N) is 2. The number of aryl methyl sites for hydroxylation is 1. The van der Waals surface area contributed by atoms with Crippen LogP contribution in [0.5, 0.6) is 11.5 Å². The Kier molecular flexibility index (Phi) is 14.7. The van der Waals surface area contributed by atoms with Gasteiger partial charge in [-0.2, -0.15) is 0 Å². The zero-order chi connectivity index (χ0) is 34.6. The van der Waals surface area contributed by atoms with E-state index in [1.54, 1.807) is 6.07 Å². The molecule has 0 unspecified atom stereocenters. The molecule has 49 heavy (non-hydrogen) atoms.